The molecule has 0 radical (unpaired) electrons. The molecule has 0 spiro atoms. The van der Waals surface area contributed by atoms with Crippen LogP contribution >= 0.6 is 0 Å². The summed E-state index contributed by atoms with van der Waals surface area (Å²) in [5.74, 6) is -0.144. The van der Waals surface area contributed by atoms with E-state index in [0.717, 1.165) is 38.5 Å². The Morgan fingerprint density at radius 1 is 0.612 bits per heavy atom. The van der Waals surface area contributed by atoms with Gasteiger partial charge in [-0.2, -0.15) is 0 Å². The standard InChI is InChI=1S/C40H79NO8/c1-3-5-7-9-11-13-15-17-19-21-23-25-27-29-34(43)33(32-48-40-39(47)38(46)37(45)35(31-42)49-40)41-36(44)30-28-26-24-22-20-18-16-14-12-10-8-6-4-2/h33-35,37-40,42-43,45-47H,3-32H2,1-2H3,(H,41,44)/t33-,34+,35-,37-,38?,39?,40-/m0/s1. The van der Waals surface area contributed by atoms with E-state index in [0.29, 0.717) is 12.8 Å². The number of carbonyl (C=O) groups is 1. The van der Waals surface area contributed by atoms with Gasteiger partial charge < -0.3 is 40.3 Å². The van der Waals surface area contributed by atoms with Crippen molar-refractivity contribution in [2.24, 2.45) is 0 Å². The molecule has 0 aliphatic carbocycles. The van der Waals surface area contributed by atoms with Crippen LogP contribution < -0.4 is 5.32 Å². The first-order valence-electron chi connectivity index (χ1n) is 20.7. The number of carbonyl (C=O) groups excluding carboxylic acids is 1. The molecule has 2 unspecified atom stereocenters. The highest BCUT2D eigenvalue weighted by atomic mass is 16.7. The Bertz CT molecular complexity index is 741. The van der Waals surface area contributed by atoms with E-state index in [9.17, 15) is 30.3 Å². The summed E-state index contributed by atoms with van der Waals surface area (Å²) in [4.78, 5) is 12.9. The molecular weight excluding hydrogens is 622 g/mol. The molecule has 1 fully saturated rings. The minimum atomic E-state index is -1.55. The molecule has 1 aliphatic heterocycles. The number of hydrogen-bond donors (Lipinski definition) is 6. The molecule has 1 aliphatic rings. The Kier molecular flexibility index (Phi) is 30.1. The first kappa shape index (κ1) is 46.2. The topological polar surface area (TPSA) is 149 Å². The Labute approximate surface area is 300 Å². The van der Waals surface area contributed by atoms with Crippen molar-refractivity contribution in [1.82, 2.24) is 5.32 Å². The normalized spacial score (nSPS) is 22.3. The summed E-state index contributed by atoms with van der Waals surface area (Å²) in [5.41, 5.74) is 0. The molecular formula is C40H79NO8. The number of rotatable bonds is 34. The van der Waals surface area contributed by atoms with Crippen LogP contribution in [0.3, 0.4) is 0 Å². The summed E-state index contributed by atoms with van der Waals surface area (Å²) in [6, 6.07) is -0.709. The van der Waals surface area contributed by atoms with Gasteiger partial charge in [0.15, 0.2) is 6.29 Å². The van der Waals surface area contributed by atoms with E-state index in [1.165, 1.54) is 128 Å². The lowest BCUT2D eigenvalue weighted by Crippen LogP contribution is -2.60. The fourth-order valence-electron chi connectivity index (χ4n) is 6.81. The molecule has 7 atom stereocenters. The molecule has 6 N–H and O–H groups in total. The molecule has 0 saturated carbocycles. The SMILES string of the molecule is CCCCCCCCCCCCCCCC(=O)N[C@@H](CO[C@H]1O[C@@H](CO)[C@H](O)C(O)C1O)[C@H](O)CCCCCCCCCCCCCCC. The summed E-state index contributed by atoms with van der Waals surface area (Å²) in [5, 5.41) is 54.1. The molecule has 0 aromatic heterocycles. The van der Waals surface area contributed by atoms with Crippen LogP contribution in [0.2, 0.25) is 0 Å². The first-order valence-corrected chi connectivity index (χ1v) is 20.7. The molecule has 0 aromatic carbocycles. The highest BCUT2D eigenvalue weighted by Crippen LogP contribution is 2.23. The van der Waals surface area contributed by atoms with Crippen LogP contribution in [0.1, 0.15) is 194 Å². The first-order chi connectivity index (χ1) is 23.8. The van der Waals surface area contributed by atoms with Gasteiger partial charge in [0.1, 0.15) is 24.4 Å². The smallest absolute Gasteiger partial charge is 0.220 e. The number of aliphatic hydroxyl groups is 5. The van der Waals surface area contributed by atoms with Crippen molar-refractivity contribution in [3.8, 4) is 0 Å². The van der Waals surface area contributed by atoms with Gasteiger partial charge >= 0.3 is 0 Å². The van der Waals surface area contributed by atoms with Crippen LogP contribution in [0.25, 0.3) is 0 Å². The molecule has 49 heavy (non-hydrogen) atoms. The summed E-state index contributed by atoms with van der Waals surface area (Å²) in [6.07, 6.45) is 25.3. The maximum absolute atomic E-state index is 12.9. The molecule has 9 heteroatoms. The Hall–Kier alpha value is -0.810. The van der Waals surface area contributed by atoms with Crippen molar-refractivity contribution in [1.29, 1.82) is 0 Å². The van der Waals surface area contributed by atoms with Crippen LogP contribution in [-0.4, -0.2) is 87.5 Å². The third-order valence-electron chi connectivity index (χ3n) is 10.2. The maximum atomic E-state index is 12.9. The molecule has 292 valence electrons. The maximum Gasteiger partial charge on any atom is 0.220 e. The van der Waals surface area contributed by atoms with Gasteiger partial charge in [-0.05, 0) is 12.8 Å². The van der Waals surface area contributed by atoms with Gasteiger partial charge in [-0.1, -0.05) is 174 Å². The van der Waals surface area contributed by atoms with E-state index in [2.05, 4.69) is 19.2 Å². The Balaban J connectivity index is 2.38. The lowest BCUT2D eigenvalue weighted by atomic mass is 9.99. The van der Waals surface area contributed by atoms with Crippen molar-refractivity contribution >= 4 is 5.91 Å². The Morgan fingerprint density at radius 2 is 1.02 bits per heavy atom. The molecule has 1 rings (SSSR count). The van der Waals surface area contributed by atoms with Crippen molar-refractivity contribution in [3.63, 3.8) is 0 Å². The van der Waals surface area contributed by atoms with Gasteiger partial charge in [0.25, 0.3) is 0 Å². The number of hydrogen-bond acceptors (Lipinski definition) is 8. The average molecular weight is 702 g/mol. The zero-order valence-corrected chi connectivity index (χ0v) is 31.7. The van der Waals surface area contributed by atoms with Crippen LogP contribution in [0.5, 0.6) is 0 Å². The largest absolute Gasteiger partial charge is 0.394 e. The molecule has 1 amide bonds. The van der Waals surface area contributed by atoms with Gasteiger partial charge in [0, 0.05) is 6.42 Å². The van der Waals surface area contributed by atoms with Gasteiger partial charge in [-0.15, -0.1) is 0 Å². The van der Waals surface area contributed by atoms with Crippen LogP contribution in [0.4, 0.5) is 0 Å². The van der Waals surface area contributed by atoms with Crippen molar-refractivity contribution in [2.45, 2.75) is 236 Å². The van der Waals surface area contributed by atoms with Crippen LogP contribution in [0, 0.1) is 0 Å². The lowest BCUT2D eigenvalue weighted by Gasteiger charge is -2.40. The average Bonchev–Trinajstić information content (AvgIpc) is 3.10. The number of nitrogens with one attached hydrogen (secondary N) is 1. The number of ether oxygens (including phenoxy) is 2. The molecule has 9 nitrogen and oxygen atoms in total. The Morgan fingerprint density at radius 3 is 1.45 bits per heavy atom. The number of unbranched alkanes of at least 4 members (excludes halogenated alkanes) is 24. The molecule has 0 bridgehead atoms. The predicted octanol–water partition coefficient (Wildman–Crippen LogP) is 7.61. The van der Waals surface area contributed by atoms with Crippen molar-refractivity contribution in [3.05, 3.63) is 0 Å². The number of aliphatic hydroxyl groups excluding tert-OH is 5. The fourth-order valence-corrected chi connectivity index (χ4v) is 6.81. The highest BCUT2D eigenvalue weighted by Gasteiger charge is 2.44. The summed E-state index contributed by atoms with van der Waals surface area (Å²) >= 11 is 0. The van der Waals surface area contributed by atoms with E-state index in [1.807, 2.05) is 0 Å². The zero-order valence-electron chi connectivity index (χ0n) is 31.7. The third kappa shape index (κ3) is 23.4. The molecule has 1 heterocycles. The quantitative estimate of drug-likeness (QED) is 0.0376. The van der Waals surface area contributed by atoms with E-state index in [-0.39, 0.29) is 12.5 Å². The summed E-state index contributed by atoms with van der Waals surface area (Å²) < 4.78 is 11.2. The van der Waals surface area contributed by atoms with Gasteiger partial charge in [-0.25, -0.2) is 0 Å². The van der Waals surface area contributed by atoms with Crippen LogP contribution in [0.15, 0.2) is 0 Å². The highest BCUT2D eigenvalue weighted by molar-refractivity contribution is 5.76. The second kappa shape index (κ2) is 31.9. The van der Waals surface area contributed by atoms with Crippen molar-refractivity contribution < 1.29 is 39.8 Å². The van der Waals surface area contributed by atoms with E-state index in [4.69, 9.17) is 9.47 Å². The van der Waals surface area contributed by atoms with E-state index < -0.39 is 49.5 Å². The summed E-state index contributed by atoms with van der Waals surface area (Å²) in [7, 11) is 0. The fraction of sp³-hybridized carbons (Fsp3) is 0.975. The lowest BCUT2D eigenvalue weighted by molar-refractivity contribution is -0.302. The van der Waals surface area contributed by atoms with Gasteiger partial charge in [-0.3, -0.25) is 4.79 Å². The van der Waals surface area contributed by atoms with Gasteiger partial charge in [0.2, 0.25) is 5.91 Å². The summed E-state index contributed by atoms with van der Waals surface area (Å²) in [6.45, 7) is 3.82. The molecule has 1 saturated heterocycles. The second-order valence-electron chi connectivity index (χ2n) is 14.8. The minimum Gasteiger partial charge on any atom is -0.394 e. The minimum absolute atomic E-state index is 0.132. The van der Waals surface area contributed by atoms with E-state index >= 15 is 0 Å². The monoisotopic (exact) mass is 702 g/mol. The van der Waals surface area contributed by atoms with Gasteiger partial charge in [0.05, 0.1) is 25.4 Å². The third-order valence-corrected chi connectivity index (χ3v) is 10.2. The predicted molar refractivity (Wildman–Crippen MR) is 198 cm³/mol. The zero-order chi connectivity index (χ0) is 36.0. The van der Waals surface area contributed by atoms with Crippen LogP contribution in [-0.2, 0) is 14.3 Å². The number of amides is 1. The second-order valence-corrected chi connectivity index (χ2v) is 14.8. The molecule has 0 aromatic rings. The van der Waals surface area contributed by atoms with Crippen molar-refractivity contribution in [2.75, 3.05) is 13.2 Å². The van der Waals surface area contributed by atoms with E-state index in [1.54, 1.807) is 0 Å².